The number of aromatic nitrogens is 2. The fourth-order valence-corrected chi connectivity index (χ4v) is 4.62. The first-order chi connectivity index (χ1) is 14.0. The van der Waals surface area contributed by atoms with E-state index in [9.17, 15) is 25.6 Å². The Morgan fingerprint density at radius 2 is 1.37 bits per heavy atom. The van der Waals surface area contributed by atoms with Gasteiger partial charge in [0.25, 0.3) is 20.0 Å². The van der Waals surface area contributed by atoms with E-state index in [1.54, 1.807) is 19.9 Å². The molecule has 3 aromatic rings. The second-order valence-electron chi connectivity index (χ2n) is 6.28. The Labute approximate surface area is 172 Å². The maximum absolute atomic E-state index is 13.8. The summed E-state index contributed by atoms with van der Waals surface area (Å²) in [6.07, 6.45) is 0. The Morgan fingerprint density at radius 3 is 1.93 bits per heavy atom. The van der Waals surface area contributed by atoms with Crippen molar-refractivity contribution in [3.05, 3.63) is 71.6 Å². The third-order valence-corrected chi connectivity index (χ3v) is 6.57. The van der Waals surface area contributed by atoms with E-state index in [4.69, 9.17) is 0 Å². The number of halogens is 2. The normalized spacial score (nSPS) is 11.9. The van der Waals surface area contributed by atoms with E-state index in [0.717, 1.165) is 24.3 Å². The van der Waals surface area contributed by atoms with Gasteiger partial charge >= 0.3 is 0 Å². The van der Waals surface area contributed by atoms with Crippen LogP contribution in [0.4, 0.5) is 20.4 Å². The lowest BCUT2D eigenvalue weighted by Crippen LogP contribution is -2.17. The van der Waals surface area contributed by atoms with Gasteiger partial charge in [-0.05, 0) is 56.3 Å². The van der Waals surface area contributed by atoms with Gasteiger partial charge in [-0.3, -0.25) is 4.72 Å². The summed E-state index contributed by atoms with van der Waals surface area (Å²) in [6.45, 7) is 3.38. The maximum atomic E-state index is 13.8. The predicted octanol–water partition coefficient (Wildman–Crippen LogP) is 2.97. The van der Waals surface area contributed by atoms with Crippen LogP contribution in [0.2, 0.25) is 0 Å². The van der Waals surface area contributed by atoms with E-state index in [1.165, 1.54) is 12.1 Å². The molecule has 8 nitrogen and oxygen atoms in total. The topological polar surface area (TPSA) is 118 Å². The van der Waals surface area contributed by atoms with Gasteiger partial charge in [0.15, 0.2) is 0 Å². The van der Waals surface area contributed by atoms with E-state index >= 15 is 0 Å². The zero-order chi connectivity index (χ0) is 22.1. The molecule has 1 aromatic heterocycles. The van der Waals surface area contributed by atoms with Gasteiger partial charge in [0, 0.05) is 23.1 Å². The summed E-state index contributed by atoms with van der Waals surface area (Å²) in [7, 11) is -8.37. The van der Waals surface area contributed by atoms with Crippen molar-refractivity contribution in [1.82, 2.24) is 9.97 Å². The van der Waals surface area contributed by atoms with Crippen molar-refractivity contribution in [2.24, 2.45) is 0 Å². The van der Waals surface area contributed by atoms with Crippen LogP contribution in [0.5, 0.6) is 0 Å². The highest BCUT2D eigenvalue weighted by Gasteiger charge is 2.21. The summed E-state index contributed by atoms with van der Waals surface area (Å²) in [5, 5.41) is 0. The van der Waals surface area contributed by atoms with Crippen molar-refractivity contribution in [3.8, 4) is 0 Å². The van der Waals surface area contributed by atoms with Crippen LogP contribution in [0.3, 0.4) is 0 Å². The van der Waals surface area contributed by atoms with E-state index in [1.807, 2.05) is 0 Å². The minimum atomic E-state index is -4.34. The molecule has 0 saturated carbocycles. The molecule has 2 aromatic carbocycles. The average molecular weight is 454 g/mol. The molecule has 0 bridgehead atoms. The SMILES string of the molecule is Cc1cc(C)nc(NS(=O)(=O)c2ccc(NS(=O)(=O)c3ccc(F)cc3F)cc2)n1. The zero-order valence-electron chi connectivity index (χ0n) is 15.7. The third-order valence-electron chi connectivity index (χ3n) is 3.81. The van der Waals surface area contributed by atoms with Gasteiger partial charge in [-0.2, -0.15) is 0 Å². The van der Waals surface area contributed by atoms with Crippen molar-refractivity contribution in [2.75, 3.05) is 9.44 Å². The molecule has 12 heteroatoms. The molecule has 0 fully saturated rings. The molecule has 2 N–H and O–H groups in total. The van der Waals surface area contributed by atoms with Gasteiger partial charge in [-0.1, -0.05) is 0 Å². The van der Waals surface area contributed by atoms with Crippen LogP contribution in [0, 0.1) is 25.5 Å². The predicted molar refractivity (Wildman–Crippen MR) is 106 cm³/mol. The lowest BCUT2D eigenvalue weighted by atomic mass is 10.3. The lowest BCUT2D eigenvalue weighted by molar-refractivity contribution is 0.551. The standard InChI is InChI=1S/C18H16F2N4O4S2/c1-11-9-12(2)22-18(21-11)24-29(25,26)15-6-4-14(5-7-15)23-30(27,28)17-8-3-13(19)10-16(17)20/h3-10,23H,1-2H3,(H,21,22,24). The molecule has 0 unspecified atom stereocenters. The first-order valence-electron chi connectivity index (χ1n) is 8.39. The van der Waals surface area contributed by atoms with Crippen molar-refractivity contribution in [2.45, 2.75) is 23.6 Å². The molecule has 0 saturated heterocycles. The quantitative estimate of drug-likeness (QED) is 0.591. The molecule has 0 atom stereocenters. The fourth-order valence-electron chi connectivity index (χ4n) is 2.56. The Hall–Kier alpha value is -3.12. The molecular formula is C18H16F2N4O4S2. The van der Waals surface area contributed by atoms with Gasteiger partial charge in [0.2, 0.25) is 5.95 Å². The minimum Gasteiger partial charge on any atom is -0.280 e. The smallest absolute Gasteiger partial charge is 0.264 e. The summed E-state index contributed by atoms with van der Waals surface area (Å²) in [5.74, 6) is -2.26. The number of benzene rings is 2. The third kappa shape index (κ3) is 4.89. The summed E-state index contributed by atoms with van der Waals surface area (Å²) in [6, 6.07) is 8.43. The molecule has 0 amide bonds. The monoisotopic (exact) mass is 454 g/mol. The van der Waals surface area contributed by atoms with E-state index in [-0.39, 0.29) is 16.5 Å². The number of sulfonamides is 2. The molecular weight excluding hydrogens is 438 g/mol. The van der Waals surface area contributed by atoms with Gasteiger partial charge in [0.1, 0.15) is 16.5 Å². The molecule has 30 heavy (non-hydrogen) atoms. The van der Waals surface area contributed by atoms with Crippen LogP contribution in [0.15, 0.2) is 58.3 Å². The molecule has 3 rings (SSSR count). The molecule has 0 aliphatic carbocycles. The molecule has 0 spiro atoms. The summed E-state index contributed by atoms with van der Waals surface area (Å²) >= 11 is 0. The van der Waals surface area contributed by atoms with Crippen LogP contribution in [0.1, 0.15) is 11.4 Å². The highest BCUT2D eigenvalue weighted by atomic mass is 32.2. The molecule has 0 radical (unpaired) electrons. The largest absolute Gasteiger partial charge is 0.280 e. The van der Waals surface area contributed by atoms with Crippen LogP contribution in [-0.2, 0) is 20.0 Å². The Kier molecular flexibility index (Phi) is 5.72. The number of rotatable bonds is 6. The Balaban J connectivity index is 1.81. The van der Waals surface area contributed by atoms with Gasteiger partial charge in [-0.25, -0.2) is 40.3 Å². The van der Waals surface area contributed by atoms with Gasteiger partial charge in [0.05, 0.1) is 4.90 Å². The Morgan fingerprint density at radius 1 is 0.767 bits per heavy atom. The molecule has 0 aliphatic rings. The van der Waals surface area contributed by atoms with E-state index < -0.39 is 36.6 Å². The second-order valence-corrected chi connectivity index (χ2v) is 9.62. The van der Waals surface area contributed by atoms with Crippen LogP contribution in [-0.4, -0.2) is 26.8 Å². The van der Waals surface area contributed by atoms with E-state index in [2.05, 4.69) is 19.4 Å². The summed E-state index contributed by atoms with van der Waals surface area (Å²) < 4.78 is 80.7. The highest BCUT2D eigenvalue weighted by Crippen LogP contribution is 2.22. The summed E-state index contributed by atoms with van der Waals surface area (Å²) in [5.41, 5.74) is 1.15. The molecule has 158 valence electrons. The highest BCUT2D eigenvalue weighted by molar-refractivity contribution is 7.93. The lowest BCUT2D eigenvalue weighted by Gasteiger charge is -2.11. The van der Waals surface area contributed by atoms with Crippen molar-refractivity contribution < 1.29 is 25.6 Å². The van der Waals surface area contributed by atoms with E-state index in [0.29, 0.717) is 17.5 Å². The number of hydrogen-bond donors (Lipinski definition) is 2. The maximum Gasteiger partial charge on any atom is 0.264 e. The average Bonchev–Trinajstić information content (AvgIpc) is 2.60. The van der Waals surface area contributed by atoms with Crippen molar-refractivity contribution in [1.29, 1.82) is 0 Å². The number of anilines is 2. The van der Waals surface area contributed by atoms with Crippen LogP contribution >= 0.6 is 0 Å². The molecule has 0 aliphatic heterocycles. The number of nitrogens with one attached hydrogen (secondary N) is 2. The Bertz CT molecular complexity index is 1290. The zero-order valence-corrected chi connectivity index (χ0v) is 17.4. The second kappa shape index (κ2) is 7.95. The number of aryl methyl sites for hydroxylation is 2. The number of hydrogen-bond acceptors (Lipinski definition) is 6. The van der Waals surface area contributed by atoms with Crippen LogP contribution < -0.4 is 9.44 Å². The first kappa shape index (κ1) is 21.6. The van der Waals surface area contributed by atoms with Crippen molar-refractivity contribution >= 4 is 31.7 Å². The van der Waals surface area contributed by atoms with Gasteiger partial charge < -0.3 is 0 Å². The summed E-state index contributed by atoms with van der Waals surface area (Å²) in [4.78, 5) is 7.10. The first-order valence-corrected chi connectivity index (χ1v) is 11.4. The fraction of sp³-hybridized carbons (Fsp3) is 0.111. The van der Waals surface area contributed by atoms with Crippen LogP contribution in [0.25, 0.3) is 0 Å². The van der Waals surface area contributed by atoms with Gasteiger partial charge in [-0.15, -0.1) is 0 Å². The molecule has 1 heterocycles. The minimum absolute atomic E-state index is 0.0136. The van der Waals surface area contributed by atoms with Crippen molar-refractivity contribution in [3.63, 3.8) is 0 Å². The number of nitrogens with zero attached hydrogens (tertiary/aromatic N) is 2.